The molecule has 0 amide bonds. The Hall–Kier alpha value is -1.05. The topological polar surface area (TPSA) is 23.4 Å². The van der Waals surface area contributed by atoms with Gasteiger partial charge in [0.2, 0.25) is 0 Å². The number of hydrogen-bond acceptors (Lipinski definition) is 1. The molecule has 0 aromatic carbocycles. The Morgan fingerprint density at radius 2 is 2.56 bits per heavy atom. The second-order valence-corrected chi connectivity index (χ2v) is 2.12. The fourth-order valence-electron chi connectivity index (χ4n) is 1.05. The van der Waals surface area contributed by atoms with Crippen LogP contribution in [-0.4, -0.2) is 6.61 Å². The first kappa shape index (κ1) is 4.79. The smallest absolute Gasteiger partial charge is 0.369 e. The zero-order valence-electron chi connectivity index (χ0n) is 5.05. The highest BCUT2D eigenvalue weighted by atomic mass is 16.5. The molecular weight excluding hydrogens is 114 g/mol. The summed E-state index contributed by atoms with van der Waals surface area (Å²) >= 11 is 0. The van der Waals surface area contributed by atoms with E-state index >= 15 is 0 Å². The summed E-state index contributed by atoms with van der Waals surface area (Å²) < 4.78 is 5.24. The Labute approximate surface area is 53.5 Å². The third kappa shape index (κ3) is 0.669. The lowest BCUT2D eigenvalue weighted by Crippen LogP contribution is -2.04. The predicted octanol–water partition coefficient (Wildman–Crippen LogP) is 0.436. The van der Waals surface area contributed by atoms with Gasteiger partial charge in [-0.25, -0.2) is 0 Å². The Kier molecular flexibility index (Phi) is 0.918. The van der Waals surface area contributed by atoms with Crippen molar-refractivity contribution in [1.82, 2.24) is 0 Å². The molecule has 1 aromatic heterocycles. The van der Waals surface area contributed by atoms with E-state index in [1.165, 1.54) is 5.56 Å². The van der Waals surface area contributed by atoms with E-state index in [-0.39, 0.29) is 0 Å². The fourth-order valence-corrected chi connectivity index (χ4v) is 1.05. The van der Waals surface area contributed by atoms with Crippen molar-refractivity contribution in [3.05, 3.63) is 23.9 Å². The number of pyridine rings is 1. The van der Waals surface area contributed by atoms with Crippen LogP contribution >= 0.6 is 0 Å². The van der Waals surface area contributed by atoms with Crippen LogP contribution in [0.25, 0.3) is 0 Å². The molecule has 2 nitrogen and oxygen atoms in total. The third-order valence-corrected chi connectivity index (χ3v) is 1.52. The Morgan fingerprint density at radius 3 is 3.44 bits per heavy atom. The van der Waals surface area contributed by atoms with Gasteiger partial charge in [0.1, 0.15) is 0 Å². The number of fused-ring (bicyclic) bond motifs is 1. The van der Waals surface area contributed by atoms with E-state index in [1.807, 2.05) is 12.3 Å². The number of nitrogens with one attached hydrogen (secondary N) is 1. The molecule has 0 bridgehead atoms. The fraction of sp³-hybridized carbons (Fsp3) is 0.286. The Balaban J connectivity index is 2.54. The summed E-state index contributed by atoms with van der Waals surface area (Å²) in [6.07, 6.45) is 2.93. The third-order valence-electron chi connectivity index (χ3n) is 1.52. The van der Waals surface area contributed by atoms with Gasteiger partial charge in [-0.2, -0.15) is 4.98 Å². The molecule has 0 radical (unpaired) electrons. The van der Waals surface area contributed by atoms with Gasteiger partial charge in [0.25, 0.3) is 0 Å². The molecule has 1 N–H and O–H groups in total. The van der Waals surface area contributed by atoms with Gasteiger partial charge in [0.15, 0.2) is 6.20 Å². The first-order chi connectivity index (χ1) is 4.47. The number of aromatic amines is 1. The highest BCUT2D eigenvalue weighted by molar-refractivity contribution is 5.23. The minimum atomic E-state index is 0.829. The van der Waals surface area contributed by atoms with Crippen LogP contribution < -0.4 is 9.72 Å². The summed E-state index contributed by atoms with van der Waals surface area (Å²) in [7, 11) is 0. The molecule has 0 fully saturated rings. The summed E-state index contributed by atoms with van der Waals surface area (Å²) in [5.74, 6) is 0.942. The van der Waals surface area contributed by atoms with Gasteiger partial charge in [-0.05, 0) is 6.07 Å². The number of H-pyrrole nitrogens is 1. The van der Waals surface area contributed by atoms with Gasteiger partial charge in [0.05, 0.1) is 12.2 Å². The molecule has 0 saturated heterocycles. The summed E-state index contributed by atoms with van der Waals surface area (Å²) in [5, 5.41) is 0. The van der Waals surface area contributed by atoms with E-state index in [1.54, 1.807) is 0 Å². The molecule has 2 rings (SSSR count). The molecule has 1 aliphatic heterocycles. The van der Waals surface area contributed by atoms with Gasteiger partial charge in [-0.15, -0.1) is 0 Å². The maximum absolute atomic E-state index is 5.24. The predicted molar refractivity (Wildman–Crippen MR) is 32.2 cm³/mol. The lowest BCUT2D eigenvalue weighted by atomic mass is 10.2. The molecule has 0 unspecified atom stereocenters. The average Bonchev–Trinajstić information content (AvgIpc) is 2.33. The maximum Gasteiger partial charge on any atom is 0.369 e. The summed E-state index contributed by atoms with van der Waals surface area (Å²) in [6, 6.07) is 4.08. The quantitative estimate of drug-likeness (QED) is 0.489. The standard InChI is InChI=1S/C7H7NO/c1-2-6-3-5-9-7(6)8-4-1/h1-2,4H,3,5H2/p+1. The number of ether oxygens (including phenoxy) is 1. The second kappa shape index (κ2) is 1.72. The average molecular weight is 122 g/mol. The lowest BCUT2D eigenvalue weighted by molar-refractivity contribution is -0.392. The highest BCUT2D eigenvalue weighted by Gasteiger charge is 2.16. The van der Waals surface area contributed by atoms with E-state index in [0.717, 1.165) is 18.9 Å². The molecule has 0 spiro atoms. The number of aromatic nitrogens is 1. The first-order valence-corrected chi connectivity index (χ1v) is 3.09. The minimum Gasteiger partial charge on any atom is -0.444 e. The maximum atomic E-state index is 5.24. The SMILES string of the molecule is c1c[nH+]c2c(c1)CCO2. The molecule has 46 valence electrons. The molecule has 0 aliphatic carbocycles. The summed E-state index contributed by atoms with van der Waals surface area (Å²) in [6.45, 7) is 0.829. The van der Waals surface area contributed by atoms with Crippen LogP contribution in [0, 0.1) is 0 Å². The molecular formula is C7H8NO+. The zero-order valence-corrected chi connectivity index (χ0v) is 5.05. The number of hydrogen-bond donors (Lipinski definition) is 0. The van der Waals surface area contributed by atoms with E-state index in [9.17, 15) is 0 Å². The van der Waals surface area contributed by atoms with Crippen molar-refractivity contribution >= 4 is 0 Å². The van der Waals surface area contributed by atoms with Gasteiger partial charge in [-0.3, -0.25) is 0 Å². The van der Waals surface area contributed by atoms with Gasteiger partial charge in [0, 0.05) is 12.5 Å². The molecule has 0 saturated carbocycles. The zero-order chi connectivity index (χ0) is 6.10. The minimum absolute atomic E-state index is 0.829. The van der Waals surface area contributed by atoms with Crippen molar-refractivity contribution < 1.29 is 9.72 Å². The van der Waals surface area contributed by atoms with Crippen LogP contribution in [0.1, 0.15) is 5.56 Å². The molecule has 2 heteroatoms. The van der Waals surface area contributed by atoms with Crippen LogP contribution in [0.3, 0.4) is 0 Å². The molecule has 1 aliphatic rings. The summed E-state index contributed by atoms with van der Waals surface area (Å²) in [5.41, 5.74) is 1.29. The van der Waals surface area contributed by atoms with Crippen molar-refractivity contribution in [3.8, 4) is 5.88 Å². The van der Waals surface area contributed by atoms with Gasteiger partial charge >= 0.3 is 5.88 Å². The summed E-state index contributed by atoms with van der Waals surface area (Å²) in [4.78, 5) is 3.03. The van der Waals surface area contributed by atoms with E-state index in [0.29, 0.717) is 0 Å². The van der Waals surface area contributed by atoms with Crippen LogP contribution in [0.15, 0.2) is 18.3 Å². The van der Waals surface area contributed by atoms with Crippen molar-refractivity contribution in [3.63, 3.8) is 0 Å². The molecule has 9 heavy (non-hydrogen) atoms. The van der Waals surface area contributed by atoms with Crippen molar-refractivity contribution in [2.75, 3.05) is 6.61 Å². The molecule has 1 aromatic rings. The van der Waals surface area contributed by atoms with E-state index < -0.39 is 0 Å². The van der Waals surface area contributed by atoms with Gasteiger partial charge < -0.3 is 4.74 Å². The Bertz CT molecular complexity index is 199. The molecule has 0 atom stereocenters. The monoisotopic (exact) mass is 122 g/mol. The highest BCUT2D eigenvalue weighted by Crippen LogP contribution is 2.16. The van der Waals surface area contributed by atoms with E-state index in [4.69, 9.17) is 4.74 Å². The van der Waals surface area contributed by atoms with E-state index in [2.05, 4.69) is 11.1 Å². The van der Waals surface area contributed by atoms with Crippen molar-refractivity contribution in [2.45, 2.75) is 6.42 Å². The number of rotatable bonds is 0. The second-order valence-electron chi connectivity index (χ2n) is 2.12. The van der Waals surface area contributed by atoms with Gasteiger partial charge in [-0.1, -0.05) is 0 Å². The normalized spacial score (nSPS) is 14.7. The van der Waals surface area contributed by atoms with Crippen molar-refractivity contribution in [2.24, 2.45) is 0 Å². The molecule has 2 heterocycles. The van der Waals surface area contributed by atoms with Crippen LogP contribution in [0.4, 0.5) is 0 Å². The Morgan fingerprint density at radius 1 is 1.56 bits per heavy atom. The van der Waals surface area contributed by atoms with Crippen molar-refractivity contribution in [1.29, 1.82) is 0 Å². The van der Waals surface area contributed by atoms with Crippen LogP contribution in [-0.2, 0) is 6.42 Å². The van der Waals surface area contributed by atoms with Crippen LogP contribution in [0.2, 0.25) is 0 Å². The van der Waals surface area contributed by atoms with Crippen LogP contribution in [0.5, 0.6) is 5.88 Å². The first-order valence-electron chi connectivity index (χ1n) is 3.09. The lowest BCUT2D eigenvalue weighted by Gasteiger charge is -1.85. The largest absolute Gasteiger partial charge is 0.444 e.